The highest BCUT2D eigenvalue weighted by molar-refractivity contribution is 6.01. The molecule has 1 aromatic rings. The number of nitro benzene ring substituents is 1. The van der Waals surface area contributed by atoms with Crippen molar-refractivity contribution >= 4 is 23.3 Å². The van der Waals surface area contributed by atoms with Gasteiger partial charge in [0.1, 0.15) is 5.82 Å². The van der Waals surface area contributed by atoms with Crippen LogP contribution in [-0.4, -0.2) is 30.5 Å². The molecule has 1 aromatic carbocycles. The van der Waals surface area contributed by atoms with Gasteiger partial charge in [-0.3, -0.25) is 19.7 Å². The van der Waals surface area contributed by atoms with Crippen molar-refractivity contribution in [2.24, 2.45) is 5.92 Å². The first-order valence-electron chi connectivity index (χ1n) is 5.86. The van der Waals surface area contributed by atoms with Crippen LogP contribution in [0.25, 0.3) is 0 Å². The van der Waals surface area contributed by atoms with Crippen LogP contribution in [0.3, 0.4) is 0 Å². The monoisotopic (exact) mass is 300 g/mol. The molecular formula is C12H10F2N2O5. The number of nitrogens with zero attached hydrogens (tertiary/aromatic N) is 2. The van der Waals surface area contributed by atoms with Gasteiger partial charge in [0.15, 0.2) is 11.5 Å². The summed E-state index contributed by atoms with van der Waals surface area (Å²) in [4.78, 5) is 33.9. The maximum atomic E-state index is 13.9. The number of amides is 1. The summed E-state index contributed by atoms with van der Waals surface area (Å²) in [6, 6.07) is 0.970. The van der Waals surface area contributed by atoms with Gasteiger partial charge in [-0.05, 0) is 0 Å². The third-order valence-corrected chi connectivity index (χ3v) is 3.13. The topological polar surface area (TPSA) is 89.8 Å². The van der Waals surface area contributed by atoms with Gasteiger partial charge in [-0.25, -0.2) is 8.78 Å². The predicted molar refractivity (Wildman–Crippen MR) is 65.5 cm³/mol. The van der Waals surface area contributed by atoms with Crippen LogP contribution < -0.4 is 4.90 Å². The molecule has 21 heavy (non-hydrogen) atoms. The Hall–Kier alpha value is -2.58. The molecule has 0 bridgehead atoms. The minimum atomic E-state index is -1.24. The zero-order valence-corrected chi connectivity index (χ0v) is 10.8. The van der Waals surface area contributed by atoms with Gasteiger partial charge in [0, 0.05) is 19.0 Å². The number of benzene rings is 1. The van der Waals surface area contributed by atoms with Crippen LogP contribution in [-0.2, 0) is 14.3 Å². The Morgan fingerprint density at radius 3 is 2.71 bits per heavy atom. The van der Waals surface area contributed by atoms with E-state index in [1.807, 2.05) is 0 Å². The number of halogens is 2. The molecular weight excluding hydrogens is 290 g/mol. The Labute approximate surface area is 117 Å². The maximum Gasteiger partial charge on any atom is 0.311 e. The van der Waals surface area contributed by atoms with Crippen LogP contribution in [0.5, 0.6) is 0 Å². The van der Waals surface area contributed by atoms with E-state index >= 15 is 0 Å². The van der Waals surface area contributed by atoms with Crippen molar-refractivity contribution in [1.29, 1.82) is 0 Å². The van der Waals surface area contributed by atoms with Gasteiger partial charge in [-0.1, -0.05) is 0 Å². The lowest BCUT2D eigenvalue weighted by molar-refractivity contribution is -0.384. The summed E-state index contributed by atoms with van der Waals surface area (Å²) in [5, 5.41) is 10.9. The molecule has 1 heterocycles. The molecule has 1 fully saturated rings. The van der Waals surface area contributed by atoms with Gasteiger partial charge >= 0.3 is 5.97 Å². The molecule has 0 saturated carbocycles. The van der Waals surface area contributed by atoms with E-state index in [2.05, 4.69) is 4.74 Å². The molecule has 1 unspecified atom stereocenters. The number of anilines is 1. The van der Waals surface area contributed by atoms with Crippen LogP contribution in [0.1, 0.15) is 6.42 Å². The fourth-order valence-corrected chi connectivity index (χ4v) is 2.21. The fraction of sp³-hybridized carbons (Fsp3) is 0.333. The number of carbonyl (C=O) groups excluding carboxylic acids is 2. The molecule has 7 nitrogen and oxygen atoms in total. The first-order chi connectivity index (χ1) is 9.85. The Balaban J connectivity index is 2.45. The summed E-state index contributed by atoms with van der Waals surface area (Å²) in [5.41, 5.74) is -1.51. The lowest BCUT2D eigenvalue weighted by Gasteiger charge is -2.17. The van der Waals surface area contributed by atoms with E-state index in [-0.39, 0.29) is 13.0 Å². The number of nitro groups is 1. The molecule has 1 amide bonds. The van der Waals surface area contributed by atoms with Crippen LogP contribution >= 0.6 is 0 Å². The molecule has 0 aliphatic carbocycles. The summed E-state index contributed by atoms with van der Waals surface area (Å²) in [6.45, 7) is -0.255. The lowest BCUT2D eigenvalue weighted by Crippen LogP contribution is -2.28. The highest BCUT2D eigenvalue weighted by Gasteiger charge is 2.40. The highest BCUT2D eigenvalue weighted by Crippen LogP contribution is 2.36. The Bertz CT molecular complexity index is 634. The largest absolute Gasteiger partial charge is 0.469 e. The van der Waals surface area contributed by atoms with Crippen LogP contribution in [0.2, 0.25) is 0 Å². The molecule has 112 valence electrons. The van der Waals surface area contributed by atoms with E-state index in [0.717, 1.165) is 12.0 Å². The molecule has 2 rings (SSSR count). The van der Waals surface area contributed by atoms with Gasteiger partial charge in [-0.2, -0.15) is 0 Å². The summed E-state index contributed by atoms with van der Waals surface area (Å²) < 4.78 is 31.4. The van der Waals surface area contributed by atoms with Crippen molar-refractivity contribution in [3.63, 3.8) is 0 Å². The zero-order valence-electron chi connectivity index (χ0n) is 10.8. The van der Waals surface area contributed by atoms with E-state index < -0.39 is 45.7 Å². The number of carbonyl (C=O) groups is 2. The molecule has 9 heteroatoms. The number of ether oxygens (including phenoxy) is 1. The fourth-order valence-electron chi connectivity index (χ4n) is 2.21. The minimum absolute atomic E-state index is 0.249. The molecule has 0 radical (unpaired) electrons. The molecule has 0 aromatic heterocycles. The van der Waals surface area contributed by atoms with Crippen molar-refractivity contribution < 1.29 is 28.0 Å². The van der Waals surface area contributed by atoms with E-state index in [9.17, 15) is 28.5 Å². The van der Waals surface area contributed by atoms with Crippen LogP contribution in [0.15, 0.2) is 12.1 Å². The second-order valence-electron chi connectivity index (χ2n) is 4.44. The number of rotatable bonds is 3. The molecule has 0 spiro atoms. The predicted octanol–water partition coefficient (Wildman–Crippen LogP) is 1.40. The molecule has 1 aliphatic rings. The van der Waals surface area contributed by atoms with Crippen LogP contribution in [0.4, 0.5) is 20.2 Å². The SMILES string of the molecule is COC(=O)C1CC(=O)N(c2c(F)cc(F)cc2[N+](=O)[O-])C1. The molecule has 1 atom stereocenters. The molecule has 0 N–H and O–H groups in total. The van der Waals surface area contributed by atoms with Crippen molar-refractivity contribution in [3.8, 4) is 0 Å². The number of hydrogen-bond acceptors (Lipinski definition) is 5. The third-order valence-electron chi connectivity index (χ3n) is 3.13. The maximum absolute atomic E-state index is 13.9. The number of hydrogen-bond donors (Lipinski definition) is 0. The van der Waals surface area contributed by atoms with Crippen LogP contribution in [0, 0.1) is 27.7 Å². The average Bonchev–Trinajstić information content (AvgIpc) is 2.78. The van der Waals surface area contributed by atoms with Gasteiger partial charge in [-0.15, -0.1) is 0 Å². The van der Waals surface area contributed by atoms with Gasteiger partial charge in [0.2, 0.25) is 5.91 Å². The van der Waals surface area contributed by atoms with Crippen molar-refractivity contribution in [2.75, 3.05) is 18.6 Å². The standard InChI is InChI=1S/C12H10F2N2O5/c1-21-12(18)6-2-10(17)15(5-6)11-8(14)3-7(13)4-9(11)16(19)20/h3-4,6H,2,5H2,1H3. The first kappa shape index (κ1) is 14.8. The highest BCUT2D eigenvalue weighted by atomic mass is 19.1. The minimum Gasteiger partial charge on any atom is -0.469 e. The van der Waals surface area contributed by atoms with Gasteiger partial charge < -0.3 is 9.64 Å². The summed E-state index contributed by atoms with van der Waals surface area (Å²) in [7, 11) is 1.14. The third kappa shape index (κ3) is 2.67. The Morgan fingerprint density at radius 1 is 1.48 bits per heavy atom. The van der Waals surface area contributed by atoms with Gasteiger partial charge in [0.05, 0.1) is 24.0 Å². The van der Waals surface area contributed by atoms with E-state index in [1.165, 1.54) is 0 Å². The van der Waals surface area contributed by atoms with Crippen molar-refractivity contribution in [3.05, 3.63) is 33.9 Å². The summed E-state index contributed by atoms with van der Waals surface area (Å²) in [6.07, 6.45) is -0.249. The second-order valence-corrected chi connectivity index (χ2v) is 4.44. The smallest absolute Gasteiger partial charge is 0.311 e. The molecule has 1 saturated heterocycles. The summed E-state index contributed by atoms with van der Waals surface area (Å²) in [5.74, 6) is -4.54. The molecule has 1 aliphatic heterocycles. The second kappa shape index (κ2) is 5.43. The normalized spacial score (nSPS) is 18.0. The van der Waals surface area contributed by atoms with Crippen molar-refractivity contribution in [2.45, 2.75) is 6.42 Å². The van der Waals surface area contributed by atoms with Crippen molar-refractivity contribution in [1.82, 2.24) is 0 Å². The van der Waals surface area contributed by atoms with E-state index in [4.69, 9.17) is 0 Å². The Morgan fingerprint density at radius 2 is 2.14 bits per heavy atom. The summed E-state index contributed by atoms with van der Waals surface area (Å²) >= 11 is 0. The van der Waals surface area contributed by atoms with Gasteiger partial charge in [0.25, 0.3) is 5.69 Å². The first-order valence-corrected chi connectivity index (χ1v) is 5.86. The van der Waals surface area contributed by atoms with E-state index in [0.29, 0.717) is 12.1 Å². The zero-order chi connectivity index (χ0) is 15.7. The number of methoxy groups -OCH3 is 1. The Kier molecular flexibility index (Phi) is 3.83. The quantitative estimate of drug-likeness (QED) is 0.478. The van der Waals surface area contributed by atoms with E-state index in [1.54, 1.807) is 0 Å². The average molecular weight is 300 g/mol. The number of esters is 1. The lowest BCUT2D eigenvalue weighted by atomic mass is 10.1.